The zero-order chi connectivity index (χ0) is 18.7. The molecule has 0 heterocycles. The molecule has 25 heavy (non-hydrogen) atoms. The lowest BCUT2D eigenvalue weighted by atomic mass is 10.2. The van der Waals surface area contributed by atoms with E-state index < -0.39 is 21.7 Å². The first kappa shape index (κ1) is 18.8. The molecule has 2 N–H and O–H groups in total. The van der Waals surface area contributed by atoms with Crippen molar-refractivity contribution < 1.29 is 17.9 Å². The van der Waals surface area contributed by atoms with E-state index in [0.717, 1.165) is 0 Å². The van der Waals surface area contributed by atoms with Crippen LogP contribution in [0.4, 0.5) is 16.2 Å². The maximum absolute atomic E-state index is 12.6. The summed E-state index contributed by atoms with van der Waals surface area (Å²) in [6.07, 6.45) is -0.641. The molecule has 0 bridgehead atoms. The van der Waals surface area contributed by atoms with E-state index >= 15 is 0 Å². The minimum absolute atomic E-state index is 0.0578. The number of carbonyl (C=O) groups is 1. The van der Waals surface area contributed by atoms with Gasteiger partial charge in [0.25, 0.3) is 10.0 Å². The number of rotatable bonds is 4. The summed E-state index contributed by atoms with van der Waals surface area (Å²) in [5.41, 5.74) is 0.868. The average Bonchev–Trinajstić information content (AvgIpc) is 2.45. The molecule has 0 aliphatic heterocycles. The SMILES string of the molecule is Cc1cc(NC(=O)OC(C)(C)C)cc(S(=O)(=O)Nc2ccccc2)c1. The second-order valence-electron chi connectivity index (χ2n) is 6.63. The monoisotopic (exact) mass is 362 g/mol. The van der Waals surface area contributed by atoms with Crippen molar-refractivity contribution in [2.75, 3.05) is 10.0 Å². The molecule has 0 atom stereocenters. The van der Waals surface area contributed by atoms with Gasteiger partial charge in [0, 0.05) is 11.4 Å². The Labute approximate surface area is 148 Å². The summed E-state index contributed by atoms with van der Waals surface area (Å²) in [6, 6.07) is 13.2. The van der Waals surface area contributed by atoms with E-state index in [9.17, 15) is 13.2 Å². The Morgan fingerprint density at radius 3 is 2.24 bits per heavy atom. The largest absolute Gasteiger partial charge is 0.444 e. The molecule has 0 aliphatic rings. The molecule has 6 nitrogen and oxygen atoms in total. The van der Waals surface area contributed by atoms with E-state index in [1.807, 2.05) is 0 Å². The highest BCUT2D eigenvalue weighted by Crippen LogP contribution is 2.22. The summed E-state index contributed by atoms with van der Waals surface area (Å²) in [4.78, 5) is 12.0. The quantitative estimate of drug-likeness (QED) is 0.856. The third-order valence-electron chi connectivity index (χ3n) is 3.03. The third-order valence-corrected chi connectivity index (χ3v) is 4.39. The van der Waals surface area contributed by atoms with Crippen molar-refractivity contribution in [3.63, 3.8) is 0 Å². The lowest BCUT2D eigenvalue weighted by molar-refractivity contribution is 0.0636. The van der Waals surface area contributed by atoms with Crippen LogP contribution in [0.25, 0.3) is 0 Å². The molecule has 7 heteroatoms. The van der Waals surface area contributed by atoms with Crippen LogP contribution in [0.3, 0.4) is 0 Å². The van der Waals surface area contributed by atoms with Gasteiger partial charge >= 0.3 is 6.09 Å². The van der Waals surface area contributed by atoms with Crippen molar-refractivity contribution in [1.29, 1.82) is 0 Å². The second kappa shape index (κ2) is 7.14. The number of anilines is 2. The Hall–Kier alpha value is -2.54. The summed E-state index contributed by atoms with van der Waals surface area (Å²) in [6.45, 7) is 7.01. The van der Waals surface area contributed by atoms with Crippen LogP contribution in [0, 0.1) is 6.92 Å². The van der Waals surface area contributed by atoms with Gasteiger partial charge in [-0.25, -0.2) is 13.2 Å². The van der Waals surface area contributed by atoms with Crippen LogP contribution in [-0.2, 0) is 14.8 Å². The molecule has 2 rings (SSSR count). The maximum atomic E-state index is 12.6. The zero-order valence-corrected chi connectivity index (χ0v) is 15.5. The lowest BCUT2D eigenvalue weighted by Gasteiger charge is -2.20. The van der Waals surface area contributed by atoms with E-state index in [1.54, 1.807) is 64.1 Å². The first-order valence-electron chi connectivity index (χ1n) is 7.75. The first-order valence-corrected chi connectivity index (χ1v) is 9.23. The van der Waals surface area contributed by atoms with Crippen molar-refractivity contribution in [3.05, 3.63) is 54.1 Å². The van der Waals surface area contributed by atoms with Gasteiger partial charge in [0.15, 0.2) is 0 Å². The highest BCUT2D eigenvalue weighted by atomic mass is 32.2. The number of hydrogen-bond donors (Lipinski definition) is 2. The molecule has 134 valence electrons. The summed E-state index contributed by atoms with van der Waals surface area (Å²) < 4.78 is 32.8. The number of nitrogens with one attached hydrogen (secondary N) is 2. The van der Waals surface area contributed by atoms with E-state index in [0.29, 0.717) is 16.9 Å². The molecule has 0 spiro atoms. The van der Waals surface area contributed by atoms with Crippen molar-refractivity contribution in [2.45, 2.75) is 38.2 Å². The lowest BCUT2D eigenvalue weighted by Crippen LogP contribution is -2.27. The number of carbonyl (C=O) groups excluding carboxylic acids is 1. The van der Waals surface area contributed by atoms with Gasteiger partial charge in [-0.05, 0) is 63.6 Å². The Balaban J connectivity index is 2.24. The zero-order valence-electron chi connectivity index (χ0n) is 14.7. The number of benzene rings is 2. The molecule has 2 aromatic rings. The average molecular weight is 362 g/mol. The number of sulfonamides is 1. The molecule has 1 amide bonds. The summed E-state index contributed by atoms with van der Waals surface area (Å²) in [5, 5.41) is 2.56. The van der Waals surface area contributed by atoms with Crippen molar-refractivity contribution in [3.8, 4) is 0 Å². The van der Waals surface area contributed by atoms with E-state index in [1.165, 1.54) is 12.1 Å². The number of para-hydroxylation sites is 1. The Morgan fingerprint density at radius 1 is 1.00 bits per heavy atom. The van der Waals surface area contributed by atoms with Crippen LogP contribution in [0.15, 0.2) is 53.4 Å². The molecule has 0 unspecified atom stereocenters. The predicted molar refractivity (Wildman–Crippen MR) is 98.3 cm³/mol. The molecular formula is C18H22N2O4S. The predicted octanol–water partition coefficient (Wildman–Crippen LogP) is 4.14. The Kier molecular flexibility index (Phi) is 5.37. The van der Waals surface area contributed by atoms with Crippen LogP contribution in [-0.4, -0.2) is 20.1 Å². The highest BCUT2D eigenvalue weighted by Gasteiger charge is 2.19. The third kappa shape index (κ3) is 5.79. The molecule has 0 aliphatic carbocycles. The first-order chi connectivity index (χ1) is 11.5. The van der Waals surface area contributed by atoms with Crippen LogP contribution in [0.1, 0.15) is 26.3 Å². The molecule has 0 radical (unpaired) electrons. The van der Waals surface area contributed by atoms with Gasteiger partial charge in [0.2, 0.25) is 0 Å². The van der Waals surface area contributed by atoms with Gasteiger partial charge in [-0.1, -0.05) is 18.2 Å². The van der Waals surface area contributed by atoms with Gasteiger partial charge in [0.05, 0.1) is 4.90 Å². The Bertz CT molecular complexity index is 856. The second-order valence-corrected chi connectivity index (χ2v) is 8.32. The molecule has 0 saturated carbocycles. The molecule has 2 aromatic carbocycles. The Morgan fingerprint density at radius 2 is 1.64 bits per heavy atom. The minimum Gasteiger partial charge on any atom is -0.444 e. The summed E-state index contributed by atoms with van der Waals surface area (Å²) >= 11 is 0. The van der Waals surface area contributed by atoms with Gasteiger partial charge < -0.3 is 4.74 Å². The number of ether oxygens (including phenoxy) is 1. The fourth-order valence-corrected chi connectivity index (χ4v) is 3.30. The molecule has 0 aromatic heterocycles. The van der Waals surface area contributed by atoms with Crippen molar-refractivity contribution in [1.82, 2.24) is 0 Å². The maximum Gasteiger partial charge on any atom is 0.412 e. The van der Waals surface area contributed by atoms with Crippen LogP contribution in [0.2, 0.25) is 0 Å². The van der Waals surface area contributed by atoms with Gasteiger partial charge in [0.1, 0.15) is 5.60 Å². The number of hydrogen-bond acceptors (Lipinski definition) is 4. The fourth-order valence-electron chi connectivity index (χ4n) is 2.12. The standard InChI is InChI=1S/C18H22N2O4S/c1-13-10-15(19-17(21)24-18(2,3)4)12-16(11-13)25(22,23)20-14-8-6-5-7-9-14/h5-12,20H,1-4H3,(H,19,21). The molecular weight excluding hydrogens is 340 g/mol. The minimum atomic E-state index is -3.77. The van der Waals surface area contributed by atoms with E-state index in [-0.39, 0.29) is 4.90 Å². The van der Waals surface area contributed by atoms with Gasteiger partial charge in [-0.15, -0.1) is 0 Å². The van der Waals surface area contributed by atoms with Crippen molar-refractivity contribution in [2.24, 2.45) is 0 Å². The van der Waals surface area contributed by atoms with Gasteiger partial charge in [-0.2, -0.15) is 0 Å². The van der Waals surface area contributed by atoms with Crippen LogP contribution >= 0.6 is 0 Å². The van der Waals surface area contributed by atoms with Gasteiger partial charge in [-0.3, -0.25) is 10.0 Å². The highest BCUT2D eigenvalue weighted by molar-refractivity contribution is 7.92. The van der Waals surface area contributed by atoms with E-state index in [4.69, 9.17) is 4.74 Å². The van der Waals surface area contributed by atoms with E-state index in [2.05, 4.69) is 10.0 Å². The number of aryl methyl sites for hydroxylation is 1. The van der Waals surface area contributed by atoms with Crippen molar-refractivity contribution >= 4 is 27.5 Å². The fraction of sp³-hybridized carbons (Fsp3) is 0.278. The molecule has 0 saturated heterocycles. The van der Waals surface area contributed by atoms with Crippen LogP contribution in [0.5, 0.6) is 0 Å². The number of amides is 1. The topological polar surface area (TPSA) is 84.5 Å². The van der Waals surface area contributed by atoms with Crippen LogP contribution < -0.4 is 10.0 Å². The smallest absolute Gasteiger partial charge is 0.412 e. The normalized spacial score (nSPS) is 11.7. The summed E-state index contributed by atoms with van der Waals surface area (Å²) in [7, 11) is -3.77. The summed E-state index contributed by atoms with van der Waals surface area (Å²) in [5.74, 6) is 0. The molecule has 0 fully saturated rings.